The smallest absolute Gasteiger partial charge is 0.261 e. The zero-order chi connectivity index (χ0) is 24.1. The van der Waals surface area contributed by atoms with Gasteiger partial charge in [0.05, 0.1) is 28.2 Å². The number of ether oxygens (including phenoxy) is 1. The molecule has 5 atom stereocenters. The summed E-state index contributed by atoms with van der Waals surface area (Å²) in [5.74, 6) is -0.244. The van der Waals surface area contributed by atoms with Crippen molar-refractivity contribution in [2.45, 2.75) is 54.9 Å². The molecular formula is C27H27N3O5. The molecule has 2 fully saturated rings. The van der Waals surface area contributed by atoms with Crippen LogP contribution in [0.5, 0.6) is 11.5 Å². The number of phenols is 1. The molecule has 2 aromatic carbocycles. The fourth-order valence-electron chi connectivity index (χ4n) is 7.70. The van der Waals surface area contributed by atoms with Crippen LogP contribution in [0.25, 0.3) is 0 Å². The summed E-state index contributed by atoms with van der Waals surface area (Å²) < 4.78 is 6.54. The fourth-order valence-corrected chi connectivity index (χ4v) is 7.70. The number of aromatic hydroxyl groups is 1. The molecule has 8 heteroatoms. The quantitative estimate of drug-likeness (QED) is 0.398. The minimum Gasteiger partial charge on any atom is -0.504 e. The molecular weight excluding hydrogens is 446 g/mol. The molecule has 8 nitrogen and oxygen atoms in total. The zero-order valence-electron chi connectivity index (χ0n) is 19.2. The average molecular weight is 474 g/mol. The van der Waals surface area contributed by atoms with Crippen molar-refractivity contribution in [3.05, 3.63) is 65.2 Å². The van der Waals surface area contributed by atoms with Crippen molar-refractivity contribution >= 4 is 17.5 Å². The van der Waals surface area contributed by atoms with Gasteiger partial charge in [-0.25, -0.2) is 0 Å². The normalized spacial score (nSPS) is 34.0. The lowest BCUT2D eigenvalue weighted by molar-refractivity contribution is -0.185. The molecule has 5 aliphatic rings. The van der Waals surface area contributed by atoms with Crippen molar-refractivity contribution in [2.24, 2.45) is 0 Å². The van der Waals surface area contributed by atoms with Gasteiger partial charge in [0.15, 0.2) is 11.5 Å². The van der Waals surface area contributed by atoms with Crippen molar-refractivity contribution in [1.29, 1.82) is 0 Å². The number of imide groups is 1. The first kappa shape index (κ1) is 21.0. The van der Waals surface area contributed by atoms with E-state index < -0.39 is 28.9 Å². The number of amides is 2. The molecule has 35 heavy (non-hydrogen) atoms. The van der Waals surface area contributed by atoms with E-state index in [1.807, 2.05) is 12.1 Å². The maximum absolute atomic E-state index is 12.5. The van der Waals surface area contributed by atoms with Gasteiger partial charge in [0, 0.05) is 23.8 Å². The molecule has 2 aliphatic carbocycles. The van der Waals surface area contributed by atoms with Gasteiger partial charge < -0.3 is 20.3 Å². The maximum Gasteiger partial charge on any atom is 0.261 e. The number of rotatable bonds is 4. The summed E-state index contributed by atoms with van der Waals surface area (Å²) in [6.07, 6.45) is 4.00. The number of piperidine rings is 1. The molecule has 0 radical (unpaired) electrons. The number of aliphatic hydroxyl groups is 1. The van der Waals surface area contributed by atoms with E-state index in [2.05, 4.69) is 22.1 Å². The van der Waals surface area contributed by atoms with Gasteiger partial charge in [0.1, 0.15) is 6.10 Å². The topological polar surface area (TPSA) is 111 Å². The third-order valence-corrected chi connectivity index (χ3v) is 9.04. The molecule has 1 spiro atoms. The van der Waals surface area contributed by atoms with Gasteiger partial charge in [-0.15, -0.1) is 6.58 Å². The van der Waals surface area contributed by atoms with Crippen LogP contribution >= 0.6 is 0 Å². The third-order valence-electron chi connectivity index (χ3n) is 9.04. The minimum atomic E-state index is -1.02. The number of fused-ring (bicyclic) bond motifs is 1. The van der Waals surface area contributed by atoms with E-state index in [1.165, 1.54) is 0 Å². The Hall–Kier alpha value is -3.36. The Morgan fingerprint density at radius 3 is 2.91 bits per heavy atom. The van der Waals surface area contributed by atoms with Crippen LogP contribution in [0, 0.1) is 0 Å². The second-order valence-electron chi connectivity index (χ2n) is 10.4. The van der Waals surface area contributed by atoms with Crippen LogP contribution in [0.4, 0.5) is 5.69 Å². The number of carbonyl (C=O) groups excluding carboxylic acids is 2. The van der Waals surface area contributed by atoms with Gasteiger partial charge in [0.2, 0.25) is 0 Å². The molecule has 0 aromatic heterocycles. The van der Waals surface area contributed by atoms with E-state index in [0.717, 1.165) is 17.7 Å². The fraction of sp³-hybridized carbons (Fsp3) is 0.407. The van der Waals surface area contributed by atoms with Crippen LogP contribution in [0.1, 0.15) is 51.1 Å². The molecule has 180 valence electrons. The van der Waals surface area contributed by atoms with Crippen LogP contribution in [0.3, 0.4) is 0 Å². The number of hydrogen-bond donors (Lipinski definition) is 4. The Bertz CT molecular complexity index is 1320. The zero-order valence-corrected chi connectivity index (χ0v) is 19.2. The Morgan fingerprint density at radius 1 is 1.23 bits per heavy atom. The highest BCUT2D eigenvalue weighted by atomic mass is 16.5. The van der Waals surface area contributed by atoms with Gasteiger partial charge in [-0.05, 0) is 56.0 Å². The Balaban J connectivity index is 1.35. The van der Waals surface area contributed by atoms with Gasteiger partial charge in [-0.3, -0.25) is 19.8 Å². The van der Waals surface area contributed by atoms with E-state index >= 15 is 0 Å². The molecule has 2 bridgehead atoms. The number of carbonyl (C=O) groups is 2. The summed E-state index contributed by atoms with van der Waals surface area (Å²) in [6, 6.07) is 8.55. The highest BCUT2D eigenvalue weighted by Gasteiger charge is 2.72. The summed E-state index contributed by atoms with van der Waals surface area (Å²) in [7, 11) is 0. The highest BCUT2D eigenvalue weighted by molar-refractivity contribution is 6.23. The predicted octanol–water partition coefficient (Wildman–Crippen LogP) is 2.10. The Labute approximate surface area is 202 Å². The third kappa shape index (κ3) is 2.43. The monoisotopic (exact) mass is 473 g/mol. The molecule has 1 unspecified atom stereocenters. The number of nitrogens with one attached hydrogen (secondary N) is 2. The minimum absolute atomic E-state index is 0.0753. The largest absolute Gasteiger partial charge is 0.504 e. The van der Waals surface area contributed by atoms with Gasteiger partial charge >= 0.3 is 0 Å². The van der Waals surface area contributed by atoms with E-state index in [-0.39, 0.29) is 17.8 Å². The number of nitrogens with zero attached hydrogens (tertiary/aromatic N) is 1. The lowest BCUT2D eigenvalue weighted by atomic mass is 9.48. The van der Waals surface area contributed by atoms with Crippen LogP contribution in [-0.2, 0) is 11.8 Å². The number of phenolic OH excluding ortho intramolecular Hbond substituents is 1. The van der Waals surface area contributed by atoms with Gasteiger partial charge in [-0.2, -0.15) is 0 Å². The number of anilines is 1. The Morgan fingerprint density at radius 2 is 2.09 bits per heavy atom. The Kier molecular flexibility index (Phi) is 4.11. The van der Waals surface area contributed by atoms with Crippen molar-refractivity contribution in [2.75, 3.05) is 18.4 Å². The van der Waals surface area contributed by atoms with Crippen LogP contribution in [0.2, 0.25) is 0 Å². The predicted molar refractivity (Wildman–Crippen MR) is 128 cm³/mol. The van der Waals surface area contributed by atoms with Crippen molar-refractivity contribution in [3.8, 4) is 11.5 Å². The maximum atomic E-state index is 12.5. The van der Waals surface area contributed by atoms with Crippen molar-refractivity contribution in [3.63, 3.8) is 0 Å². The first-order valence-corrected chi connectivity index (χ1v) is 12.2. The molecule has 2 amide bonds. The molecule has 4 N–H and O–H groups in total. The SMILES string of the molecule is C=CCN1CC[C@]23c4c5ccc(O)c4O[C@H]2[C@H](Nc2cccc4c2C(=O)NC4=O)CCC3(O)[C@H]1C5. The molecule has 1 saturated carbocycles. The summed E-state index contributed by atoms with van der Waals surface area (Å²) in [4.78, 5) is 27.0. The van der Waals surface area contributed by atoms with Gasteiger partial charge in [0.25, 0.3) is 11.8 Å². The average Bonchev–Trinajstić information content (AvgIpc) is 3.34. The first-order chi connectivity index (χ1) is 16.9. The van der Waals surface area contributed by atoms with Gasteiger partial charge in [-0.1, -0.05) is 18.2 Å². The molecule has 3 heterocycles. The van der Waals surface area contributed by atoms with Crippen LogP contribution in [0.15, 0.2) is 43.0 Å². The molecule has 7 rings (SSSR count). The van der Waals surface area contributed by atoms with Crippen molar-refractivity contribution < 1.29 is 24.5 Å². The van der Waals surface area contributed by atoms with Crippen molar-refractivity contribution in [1.82, 2.24) is 10.2 Å². The first-order valence-electron chi connectivity index (χ1n) is 12.2. The van der Waals surface area contributed by atoms with E-state index in [1.54, 1.807) is 24.3 Å². The number of benzene rings is 2. The summed E-state index contributed by atoms with van der Waals surface area (Å²) in [6.45, 7) is 5.41. The summed E-state index contributed by atoms with van der Waals surface area (Å²) >= 11 is 0. The van der Waals surface area contributed by atoms with Crippen LogP contribution < -0.4 is 15.4 Å². The number of likely N-dealkylation sites (tertiary alicyclic amines) is 1. The number of hydrogen-bond acceptors (Lipinski definition) is 7. The van der Waals surface area contributed by atoms with E-state index in [0.29, 0.717) is 54.8 Å². The molecule has 2 aromatic rings. The highest BCUT2D eigenvalue weighted by Crippen LogP contribution is 2.65. The van der Waals surface area contributed by atoms with E-state index in [4.69, 9.17) is 4.74 Å². The molecule has 3 aliphatic heterocycles. The lowest BCUT2D eigenvalue weighted by Gasteiger charge is -2.64. The lowest BCUT2D eigenvalue weighted by Crippen LogP contribution is -2.77. The standard InChI is InChI=1S/C27H27N3O5/c1-2-11-30-12-10-26-21-14-6-7-18(31)22(21)35-23(26)17(8-9-27(26,34)19(30)13-14)28-16-5-3-4-15-20(16)25(33)29-24(15)32/h2-7,17,19,23,28,31,34H,1,8-13H2,(H,29,32,33)/t17-,19-,23+,26+,27?/m1/s1. The van der Waals surface area contributed by atoms with Crippen LogP contribution in [-0.4, -0.2) is 63.8 Å². The second-order valence-corrected chi connectivity index (χ2v) is 10.4. The second kappa shape index (κ2) is 6.86. The summed E-state index contributed by atoms with van der Waals surface area (Å²) in [5.41, 5.74) is 1.64. The summed E-state index contributed by atoms with van der Waals surface area (Å²) in [5, 5.41) is 29.1. The molecule has 1 saturated heterocycles. The van der Waals surface area contributed by atoms with E-state index in [9.17, 15) is 19.8 Å².